The largest absolute Gasteiger partial charge is 0.490 e. The molecule has 7 nitrogen and oxygen atoms in total. The van der Waals surface area contributed by atoms with Crippen molar-refractivity contribution in [2.75, 3.05) is 39.4 Å². The van der Waals surface area contributed by atoms with Crippen molar-refractivity contribution in [3.63, 3.8) is 0 Å². The smallest absolute Gasteiger partial charge is 0.257 e. The third-order valence-electron chi connectivity index (χ3n) is 7.01. The first-order valence-electron chi connectivity index (χ1n) is 12.6. The number of aryl methyl sites for hydroxylation is 1. The maximum absolute atomic E-state index is 13.6. The van der Waals surface area contributed by atoms with E-state index in [1.807, 2.05) is 36.3 Å². The van der Waals surface area contributed by atoms with Crippen LogP contribution in [0.1, 0.15) is 22.3 Å². The summed E-state index contributed by atoms with van der Waals surface area (Å²) in [6.45, 7) is 5.22. The van der Waals surface area contributed by atoms with Gasteiger partial charge in [-0.15, -0.1) is 0 Å². The van der Waals surface area contributed by atoms with Gasteiger partial charge in [-0.2, -0.15) is 5.10 Å². The summed E-state index contributed by atoms with van der Waals surface area (Å²) < 4.78 is 13.3. The van der Waals surface area contributed by atoms with E-state index in [1.54, 1.807) is 4.68 Å². The minimum absolute atomic E-state index is 0.0232. The van der Waals surface area contributed by atoms with E-state index in [-0.39, 0.29) is 5.91 Å². The Morgan fingerprint density at radius 1 is 0.917 bits per heavy atom. The fourth-order valence-corrected chi connectivity index (χ4v) is 5.12. The summed E-state index contributed by atoms with van der Waals surface area (Å²) >= 11 is 0. The molecule has 0 radical (unpaired) electrons. The van der Waals surface area contributed by atoms with Crippen LogP contribution in [0.2, 0.25) is 0 Å². The number of hydrogen-bond acceptors (Lipinski definition) is 5. The van der Waals surface area contributed by atoms with Crippen LogP contribution in [0, 0.1) is 0 Å². The molecule has 1 fully saturated rings. The van der Waals surface area contributed by atoms with E-state index in [4.69, 9.17) is 9.47 Å². The van der Waals surface area contributed by atoms with Crippen molar-refractivity contribution < 1.29 is 14.3 Å². The third kappa shape index (κ3) is 4.42. The molecule has 7 heteroatoms. The Morgan fingerprint density at radius 2 is 1.69 bits per heavy atom. The van der Waals surface area contributed by atoms with Gasteiger partial charge >= 0.3 is 0 Å². The summed E-state index contributed by atoms with van der Waals surface area (Å²) in [6, 6.07) is 20.8. The van der Waals surface area contributed by atoms with Gasteiger partial charge in [-0.05, 0) is 34.5 Å². The number of piperazine rings is 1. The van der Waals surface area contributed by atoms with E-state index < -0.39 is 0 Å². The molecule has 2 aliphatic rings. The lowest BCUT2D eigenvalue weighted by Gasteiger charge is -2.35. The van der Waals surface area contributed by atoms with Crippen molar-refractivity contribution in [1.82, 2.24) is 19.6 Å². The molecule has 184 valence electrons. The summed E-state index contributed by atoms with van der Waals surface area (Å²) in [6.07, 6.45) is 2.67. The van der Waals surface area contributed by atoms with Crippen LogP contribution in [0.3, 0.4) is 0 Å². The molecule has 4 aromatic rings. The Balaban J connectivity index is 1.17. The number of hydrogen-bond donors (Lipinski definition) is 0. The number of benzene rings is 3. The highest BCUT2D eigenvalue weighted by atomic mass is 16.5. The molecular weight excluding hydrogens is 452 g/mol. The minimum Gasteiger partial charge on any atom is -0.490 e. The van der Waals surface area contributed by atoms with Gasteiger partial charge in [0.25, 0.3) is 5.91 Å². The topological polar surface area (TPSA) is 59.8 Å². The molecule has 0 N–H and O–H groups in total. The molecule has 1 saturated heterocycles. The van der Waals surface area contributed by atoms with Gasteiger partial charge in [0.1, 0.15) is 5.69 Å². The van der Waals surface area contributed by atoms with Crippen LogP contribution in [0.4, 0.5) is 0 Å². The van der Waals surface area contributed by atoms with E-state index >= 15 is 0 Å². The number of ether oxygens (including phenoxy) is 2. The van der Waals surface area contributed by atoms with Crippen molar-refractivity contribution in [3.05, 3.63) is 78.0 Å². The molecular formula is C29H30N4O3. The normalized spacial score (nSPS) is 16.2. The van der Waals surface area contributed by atoms with Gasteiger partial charge in [0.2, 0.25) is 0 Å². The van der Waals surface area contributed by atoms with Crippen molar-refractivity contribution in [1.29, 1.82) is 0 Å². The maximum Gasteiger partial charge on any atom is 0.257 e. The van der Waals surface area contributed by atoms with E-state index in [1.165, 1.54) is 16.3 Å². The Hall–Kier alpha value is -3.84. The monoisotopic (exact) mass is 482 g/mol. The minimum atomic E-state index is 0.0232. The molecule has 0 spiro atoms. The molecule has 1 amide bonds. The molecule has 3 aromatic carbocycles. The Labute approximate surface area is 210 Å². The summed E-state index contributed by atoms with van der Waals surface area (Å²) in [7, 11) is 1.85. The van der Waals surface area contributed by atoms with Gasteiger partial charge in [-0.3, -0.25) is 14.4 Å². The van der Waals surface area contributed by atoms with E-state index in [0.29, 0.717) is 43.3 Å². The zero-order valence-electron chi connectivity index (χ0n) is 20.5. The predicted molar refractivity (Wildman–Crippen MR) is 139 cm³/mol. The summed E-state index contributed by atoms with van der Waals surface area (Å²) in [4.78, 5) is 18.0. The zero-order chi connectivity index (χ0) is 24.5. The van der Waals surface area contributed by atoms with Crippen LogP contribution >= 0.6 is 0 Å². The number of rotatable bonds is 4. The molecule has 36 heavy (non-hydrogen) atoms. The molecule has 1 aromatic heterocycles. The summed E-state index contributed by atoms with van der Waals surface area (Å²) in [5.41, 5.74) is 3.49. The maximum atomic E-state index is 13.6. The number of amides is 1. The van der Waals surface area contributed by atoms with Crippen molar-refractivity contribution in [2.45, 2.75) is 13.0 Å². The van der Waals surface area contributed by atoms with Gasteiger partial charge in [-0.1, -0.05) is 42.5 Å². The van der Waals surface area contributed by atoms with Gasteiger partial charge in [-0.25, -0.2) is 0 Å². The standard InChI is InChI=1S/C29H30N4O3/c1-31-20-25(28(30-31)22-10-11-26-27(18-22)36-17-5-16-35-26)29(34)33-14-12-32(13-15-33)19-23-8-4-7-21-6-2-3-9-24(21)23/h2-4,6-11,18,20H,5,12-17,19H2,1H3. The summed E-state index contributed by atoms with van der Waals surface area (Å²) in [5, 5.41) is 7.20. The molecule has 0 atom stereocenters. The van der Waals surface area contributed by atoms with Gasteiger partial charge in [0.05, 0.1) is 18.8 Å². The van der Waals surface area contributed by atoms with Crippen LogP contribution in [0.25, 0.3) is 22.0 Å². The number of nitrogens with zero attached hydrogens (tertiary/aromatic N) is 4. The third-order valence-corrected chi connectivity index (χ3v) is 7.01. The van der Waals surface area contributed by atoms with Gasteiger partial charge < -0.3 is 14.4 Å². The Morgan fingerprint density at radius 3 is 2.56 bits per heavy atom. The average molecular weight is 483 g/mol. The number of carbonyl (C=O) groups is 1. The second-order valence-corrected chi connectivity index (χ2v) is 9.48. The van der Waals surface area contributed by atoms with Crippen LogP contribution in [0.5, 0.6) is 11.5 Å². The second-order valence-electron chi connectivity index (χ2n) is 9.48. The first kappa shape index (κ1) is 22.6. The number of fused-ring (bicyclic) bond motifs is 2. The lowest BCUT2D eigenvalue weighted by molar-refractivity contribution is 0.0629. The molecule has 6 rings (SSSR count). The van der Waals surface area contributed by atoms with Crippen molar-refractivity contribution >= 4 is 16.7 Å². The fourth-order valence-electron chi connectivity index (χ4n) is 5.12. The number of aromatic nitrogens is 2. The quantitative estimate of drug-likeness (QED) is 0.433. The molecule has 0 aliphatic carbocycles. The van der Waals surface area contributed by atoms with Crippen LogP contribution < -0.4 is 9.47 Å². The first-order chi connectivity index (χ1) is 17.7. The van der Waals surface area contributed by atoms with E-state index in [2.05, 4.69) is 52.5 Å². The zero-order valence-corrected chi connectivity index (χ0v) is 20.5. The predicted octanol–water partition coefficient (Wildman–Crippen LogP) is 4.36. The molecule has 2 aliphatic heterocycles. The fraction of sp³-hybridized carbons (Fsp3) is 0.310. The Bertz CT molecular complexity index is 1400. The van der Waals surface area contributed by atoms with Crippen molar-refractivity contribution in [3.8, 4) is 22.8 Å². The first-order valence-corrected chi connectivity index (χ1v) is 12.6. The Kier molecular flexibility index (Phi) is 6.07. The lowest BCUT2D eigenvalue weighted by Crippen LogP contribution is -2.48. The number of carbonyl (C=O) groups excluding carboxylic acids is 1. The molecule has 3 heterocycles. The molecule has 0 saturated carbocycles. The highest BCUT2D eigenvalue weighted by Gasteiger charge is 2.27. The van der Waals surface area contributed by atoms with Crippen LogP contribution in [0.15, 0.2) is 66.9 Å². The highest BCUT2D eigenvalue weighted by molar-refractivity contribution is 6.00. The SMILES string of the molecule is Cn1cc(C(=O)N2CCN(Cc3cccc4ccccc34)CC2)c(-c2ccc3c(c2)OCCCO3)n1. The van der Waals surface area contributed by atoms with Crippen LogP contribution in [-0.2, 0) is 13.6 Å². The summed E-state index contributed by atoms with van der Waals surface area (Å²) in [5.74, 6) is 1.47. The molecule has 0 bridgehead atoms. The second kappa shape index (κ2) is 9.66. The van der Waals surface area contributed by atoms with E-state index in [0.717, 1.165) is 37.4 Å². The van der Waals surface area contributed by atoms with Crippen molar-refractivity contribution in [2.24, 2.45) is 7.05 Å². The van der Waals surface area contributed by atoms with Gasteiger partial charge in [0.15, 0.2) is 11.5 Å². The van der Waals surface area contributed by atoms with E-state index in [9.17, 15) is 4.79 Å². The average Bonchev–Trinajstić information content (AvgIpc) is 3.15. The lowest BCUT2D eigenvalue weighted by atomic mass is 10.0. The molecule has 0 unspecified atom stereocenters. The van der Waals surface area contributed by atoms with Gasteiger partial charge in [0, 0.05) is 58.0 Å². The van der Waals surface area contributed by atoms with Crippen LogP contribution in [-0.4, -0.2) is 64.9 Å². The highest BCUT2D eigenvalue weighted by Crippen LogP contribution is 2.35.